The van der Waals surface area contributed by atoms with Crippen LogP contribution in [0, 0.1) is 0 Å². The number of benzene rings is 2. The van der Waals surface area contributed by atoms with Crippen molar-refractivity contribution in [1.82, 2.24) is 4.90 Å². The molecule has 1 aliphatic heterocycles. The third-order valence-corrected chi connectivity index (χ3v) is 3.80. The van der Waals surface area contributed by atoms with E-state index >= 15 is 0 Å². The number of hydrogen-bond donors (Lipinski definition) is 0. The van der Waals surface area contributed by atoms with Gasteiger partial charge in [-0.1, -0.05) is 43.3 Å². The van der Waals surface area contributed by atoms with Gasteiger partial charge in [-0.3, -0.25) is 0 Å². The van der Waals surface area contributed by atoms with Gasteiger partial charge >= 0.3 is 0 Å². The van der Waals surface area contributed by atoms with Gasteiger partial charge in [0.05, 0.1) is 0 Å². The van der Waals surface area contributed by atoms with Gasteiger partial charge in [-0.2, -0.15) is 0 Å². The summed E-state index contributed by atoms with van der Waals surface area (Å²) in [4.78, 5) is 2.28. The molecule has 2 aromatic rings. The Morgan fingerprint density at radius 3 is 1.62 bits per heavy atom. The quantitative estimate of drug-likeness (QED) is 0.830. The molecule has 0 aromatic heterocycles. The van der Waals surface area contributed by atoms with Gasteiger partial charge in [-0.05, 0) is 24.3 Å². The first-order valence-electron chi connectivity index (χ1n) is 7.56. The minimum absolute atomic E-state index is 0.0890. The molecule has 0 spiro atoms. The predicted octanol–water partition coefficient (Wildman–Crippen LogP) is 3.91. The Balaban J connectivity index is 1.65. The van der Waals surface area contributed by atoms with Crippen molar-refractivity contribution in [2.45, 2.75) is 32.2 Å². The molecule has 0 amide bonds. The SMILES string of the molecule is CCN1C(Oc2ccccc2)CCC1Oc1ccccc1. The second kappa shape index (κ2) is 6.64. The van der Waals surface area contributed by atoms with E-state index in [4.69, 9.17) is 9.47 Å². The largest absolute Gasteiger partial charge is 0.475 e. The molecule has 1 fully saturated rings. The Morgan fingerprint density at radius 1 is 0.810 bits per heavy atom. The van der Waals surface area contributed by atoms with Gasteiger partial charge in [0, 0.05) is 19.4 Å². The summed E-state index contributed by atoms with van der Waals surface area (Å²) in [6.45, 7) is 3.06. The highest BCUT2D eigenvalue weighted by molar-refractivity contribution is 5.22. The summed E-state index contributed by atoms with van der Waals surface area (Å²) in [6.07, 6.45) is 2.15. The molecule has 3 nitrogen and oxygen atoms in total. The Morgan fingerprint density at radius 2 is 1.24 bits per heavy atom. The molecule has 21 heavy (non-hydrogen) atoms. The third-order valence-electron chi connectivity index (χ3n) is 3.80. The van der Waals surface area contributed by atoms with Gasteiger partial charge in [0.1, 0.15) is 11.5 Å². The van der Waals surface area contributed by atoms with Crippen LogP contribution in [-0.2, 0) is 0 Å². The lowest BCUT2D eigenvalue weighted by atomic mass is 10.3. The van der Waals surface area contributed by atoms with Crippen molar-refractivity contribution in [3.05, 3.63) is 60.7 Å². The van der Waals surface area contributed by atoms with Crippen LogP contribution in [0.3, 0.4) is 0 Å². The summed E-state index contributed by atoms with van der Waals surface area (Å²) in [5, 5.41) is 0. The van der Waals surface area contributed by atoms with Crippen LogP contribution < -0.4 is 9.47 Å². The predicted molar refractivity (Wildman–Crippen MR) is 83.3 cm³/mol. The lowest BCUT2D eigenvalue weighted by Crippen LogP contribution is -2.41. The van der Waals surface area contributed by atoms with Crippen LogP contribution in [0.4, 0.5) is 0 Å². The number of hydrogen-bond acceptors (Lipinski definition) is 3. The molecule has 3 rings (SSSR count). The summed E-state index contributed by atoms with van der Waals surface area (Å²) in [5.74, 6) is 1.84. The Kier molecular flexibility index (Phi) is 4.41. The molecule has 3 heteroatoms. The minimum atomic E-state index is 0.0890. The number of ether oxygens (including phenoxy) is 2. The zero-order valence-electron chi connectivity index (χ0n) is 12.3. The summed E-state index contributed by atoms with van der Waals surface area (Å²) >= 11 is 0. The molecule has 0 bridgehead atoms. The van der Waals surface area contributed by atoms with Crippen molar-refractivity contribution in [2.75, 3.05) is 6.54 Å². The molecule has 1 heterocycles. The van der Waals surface area contributed by atoms with Crippen LogP contribution in [0.15, 0.2) is 60.7 Å². The molecular formula is C18H21NO2. The van der Waals surface area contributed by atoms with Gasteiger partial charge in [-0.15, -0.1) is 0 Å². The summed E-state index contributed by atoms with van der Waals surface area (Å²) in [7, 11) is 0. The fourth-order valence-corrected chi connectivity index (χ4v) is 2.78. The summed E-state index contributed by atoms with van der Waals surface area (Å²) in [6, 6.07) is 20.0. The third kappa shape index (κ3) is 3.37. The average Bonchev–Trinajstić information content (AvgIpc) is 2.91. The van der Waals surface area contributed by atoms with Crippen LogP contribution in [0.25, 0.3) is 0 Å². The van der Waals surface area contributed by atoms with Crippen LogP contribution in [0.1, 0.15) is 19.8 Å². The van der Waals surface area contributed by atoms with Crippen LogP contribution in [0.2, 0.25) is 0 Å². The van der Waals surface area contributed by atoms with Crippen molar-refractivity contribution < 1.29 is 9.47 Å². The smallest absolute Gasteiger partial charge is 0.155 e. The van der Waals surface area contributed by atoms with Crippen molar-refractivity contribution >= 4 is 0 Å². The summed E-state index contributed by atoms with van der Waals surface area (Å²) in [5.41, 5.74) is 0. The van der Waals surface area contributed by atoms with Gasteiger partial charge in [0.15, 0.2) is 12.5 Å². The molecule has 110 valence electrons. The van der Waals surface area contributed by atoms with Crippen molar-refractivity contribution in [3.8, 4) is 11.5 Å². The standard InChI is InChI=1S/C18H21NO2/c1-2-19-17(20-15-9-5-3-6-10-15)13-14-18(19)21-16-11-7-4-8-12-16/h3-12,17-18H,2,13-14H2,1H3. The van der Waals surface area contributed by atoms with Crippen molar-refractivity contribution in [3.63, 3.8) is 0 Å². The fourth-order valence-electron chi connectivity index (χ4n) is 2.78. The Hall–Kier alpha value is -2.00. The molecule has 2 aromatic carbocycles. The molecule has 0 radical (unpaired) electrons. The molecule has 2 unspecified atom stereocenters. The maximum atomic E-state index is 6.09. The number of nitrogens with zero attached hydrogens (tertiary/aromatic N) is 1. The van der Waals surface area contributed by atoms with Gasteiger partial charge in [0.2, 0.25) is 0 Å². The van der Waals surface area contributed by atoms with Crippen molar-refractivity contribution in [2.24, 2.45) is 0 Å². The van der Waals surface area contributed by atoms with Crippen LogP contribution >= 0.6 is 0 Å². The molecule has 1 saturated heterocycles. The van der Waals surface area contributed by atoms with Gasteiger partial charge in [0.25, 0.3) is 0 Å². The molecule has 2 atom stereocenters. The first-order valence-corrected chi connectivity index (χ1v) is 7.56. The molecule has 0 saturated carbocycles. The monoisotopic (exact) mass is 283 g/mol. The van der Waals surface area contributed by atoms with Crippen molar-refractivity contribution in [1.29, 1.82) is 0 Å². The van der Waals surface area contributed by atoms with E-state index in [0.717, 1.165) is 30.9 Å². The first kappa shape index (κ1) is 14.0. The van der Waals surface area contributed by atoms with E-state index in [1.807, 2.05) is 60.7 Å². The highest BCUT2D eigenvalue weighted by Crippen LogP contribution is 2.28. The van der Waals surface area contributed by atoms with Crippen LogP contribution in [0.5, 0.6) is 11.5 Å². The maximum Gasteiger partial charge on any atom is 0.155 e. The number of para-hydroxylation sites is 2. The first-order chi connectivity index (χ1) is 10.4. The normalized spacial score (nSPS) is 22.1. The van der Waals surface area contributed by atoms with E-state index in [2.05, 4.69) is 11.8 Å². The minimum Gasteiger partial charge on any atom is -0.475 e. The fraction of sp³-hybridized carbons (Fsp3) is 0.333. The zero-order valence-corrected chi connectivity index (χ0v) is 12.3. The maximum absolute atomic E-state index is 6.09. The van der Waals surface area contributed by atoms with E-state index in [1.165, 1.54) is 0 Å². The van der Waals surface area contributed by atoms with Crippen LogP contribution in [-0.4, -0.2) is 23.9 Å². The molecule has 1 aliphatic rings. The molecule has 0 aliphatic carbocycles. The highest BCUT2D eigenvalue weighted by Gasteiger charge is 2.35. The van der Waals surface area contributed by atoms with E-state index in [1.54, 1.807) is 0 Å². The topological polar surface area (TPSA) is 21.7 Å². The van der Waals surface area contributed by atoms with E-state index in [9.17, 15) is 0 Å². The van der Waals surface area contributed by atoms with Gasteiger partial charge < -0.3 is 9.47 Å². The molecule has 0 N–H and O–H groups in total. The number of likely N-dealkylation sites (tertiary alicyclic amines) is 1. The number of rotatable bonds is 5. The Bertz CT molecular complexity index is 494. The van der Waals surface area contributed by atoms with E-state index in [0.29, 0.717) is 0 Å². The second-order valence-electron chi connectivity index (χ2n) is 5.18. The average molecular weight is 283 g/mol. The van der Waals surface area contributed by atoms with Gasteiger partial charge in [-0.25, -0.2) is 4.90 Å². The highest BCUT2D eigenvalue weighted by atomic mass is 16.5. The Labute approximate surface area is 126 Å². The summed E-state index contributed by atoms with van der Waals surface area (Å²) < 4.78 is 12.2. The zero-order chi connectivity index (χ0) is 14.5. The lowest BCUT2D eigenvalue weighted by molar-refractivity contribution is -0.0243. The second-order valence-corrected chi connectivity index (χ2v) is 5.18. The molecular weight excluding hydrogens is 262 g/mol. The lowest BCUT2D eigenvalue weighted by Gasteiger charge is -2.29. The van der Waals surface area contributed by atoms with E-state index < -0.39 is 0 Å². The van der Waals surface area contributed by atoms with E-state index in [-0.39, 0.29) is 12.5 Å².